The molecule has 8 amide bonds. The second-order valence-electron chi connectivity index (χ2n) is 31.8. The van der Waals surface area contributed by atoms with Gasteiger partial charge >= 0.3 is 0 Å². The summed E-state index contributed by atoms with van der Waals surface area (Å²) in [5.74, 6) is -0.514. The molecule has 20 nitrogen and oxygen atoms in total. The number of nitrogens with zero attached hydrogens (tertiary/aromatic N) is 8. The van der Waals surface area contributed by atoms with Gasteiger partial charge in [0.2, 0.25) is 0 Å². The molecule has 17 rings (SSSR count). The standard InChI is InChI=1S/C30H27N3O3.C21H20N2O3S.C19H15NO.C18H15NO.C15H14ClNO.C15H15NO2/c1-31(23-13-7-4-8-14-23)28(34)22-19-20-26(29(35)32(2)24-15-9-5-10-16-24)27(21-22)30(36)33(3)25-17-11-6-12-18-25;1-16-11-13-20(14-12-16)27(25,26)22-18-9-6-10-19(15-18)23(2)21(24)17-7-4-3-5-8-17;21-19(16-10-4-1-5-11-16)20(17-12-6-2-7-13-17)18-14-8-3-9-15-18;1-19(17-9-3-2-4-10-17)18(20)16-12-11-14-7-5-6-8-15(14)13-16;1-2-17(14-10-8-13(16)9-11-14)15(18)12-6-4-3-5-7-12;1-16(13-6-4-3-5-7-13)15(17)12-8-10-14(18-2)11-9-12/h4-21H,1-3H3;3-15,22H,1-2H3;1-15H;2-13H,1H3;3-11H,2H2,1H3;3-11H,1-2H3. The maximum absolute atomic E-state index is 13.7. The Bertz CT molecular complexity index is 7050. The molecule has 0 fully saturated rings. The van der Waals surface area contributed by atoms with Gasteiger partial charge in [0.1, 0.15) is 5.75 Å². The number of halogens is 1. The van der Waals surface area contributed by atoms with Crippen molar-refractivity contribution < 1.29 is 51.5 Å². The van der Waals surface area contributed by atoms with Gasteiger partial charge in [-0.3, -0.25) is 48.0 Å². The number of hydrogen-bond acceptors (Lipinski definition) is 11. The van der Waals surface area contributed by atoms with Crippen LogP contribution < -0.4 is 48.7 Å². The average Bonchev–Trinajstić information content (AvgIpc) is 0.788. The van der Waals surface area contributed by atoms with Crippen LogP contribution >= 0.6 is 11.6 Å². The summed E-state index contributed by atoms with van der Waals surface area (Å²) in [5.41, 5.74) is 12.3. The lowest BCUT2D eigenvalue weighted by atomic mass is 10.00. The van der Waals surface area contributed by atoms with Crippen LogP contribution in [-0.4, -0.2) is 112 Å². The Labute approximate surface area is 823 Å². The number of para-hydroxylation sites is 7. The minimum atomic E-state index is -3.70. The first kappa shape index (κ1) is 102. The third-order valence-electron chi connectivity index (χ3n) is 22.4. The number of hydrogen-bond donors (Lipinski definition) is 1. The smallest absolute Gasteiger partial charge is 0.262 e. The highest BCUT2D eigenvalue weighted by atomic mass is 35.5. The van der Waals surface area contributed by atoms with Gasteiger partial charge in [-0.15, -0.1) is 0 Å². The molecule has 0 unspecified atom stereocenters. The molecule has 702 valence electrons. The molecule has 0 aliphatic heterocycles. The average molecular weight is 1890 g/mol. The van der Waals surface area contributed by atoms with E-state index in [9.17, 15) is 46.8 Å². The first-order valence-electron chi connectivity index (χ1n) is 44.9. The number of carbonyl (C=O) groups excluding carboxylic acids is 8. The number of nitrogens with one attached hydrogen (secondary N) is 1. The van der Waals surface area contributed by atoms with Crippen molar-refractivity contribution in [2.75, 3.05) is 99.9 Å². The van der Waals surface area contributed by atoms with Crippen molar-refractivity contribution in [3.05, 3.63) is 516 Å². The van der Waals surface area contributed by atoms with Crippen LogP contribution in [0.1, 0.15) is 95.4 Å². The molecule has 22 heteroatoms. The van der Waals surface area contributed by atoms with Gasteiger partial charge in [-0.05, 0) is 255 Å². The minimum absolute atomic E-state index is 0.000391. The summed E-state index contributed by atoms with van der Waals surface area (Å²) in [5, 5.41) is 2.90. The van der Waals surface area contributed by atoms with Crippen LogP contribution in [0.2, 0.25) is 5.02 Å². The molecule has 0 saturated heterocycles. The van der Waals surface area contributed by atoms with Gasteiger partial charge in [-0.1, -0.05) is 248 Å². The van der Waals surface area contributed by atoms with Crippen molar-refractivity contribution in [2.45, 2.75) is 18.7 Å². The fraction of sp³-hybridized carbons (Fsp3) is 0.0847. The number of sulfonamides is 1. The molecule has 0 radical (unpaired) electrons. The fourth-order valence-electron chi connectivity index (χ4n) is 14.5. The molecule has 0 spiro atoms. The van der Waals surface area contributed by atoms with Gasteiger partial charge in [0.15, 0.2) is 0 Å². The molecule has 0 saturated carbocycles. The Morgan fingerprint density at radius 1 is 0.271 bits per heavy atom. The summed E-state index contributed by atoms with van der Waals surface area (Å²) in [6, 6.07) is 140. The minimum Gasteiger partial charge on any atom is -0.497 e. The van der Waals surface area contributed by atoms with Gasteiger partial charge < -0.3 is 39.0 Å². The van der Waals surface area contributed by atoms with E-state index in [1.165, 1.54) is 25.7 Å². The monoisotopic (exact) mass is 1890 g/mol. The van der Waals surface area contributed by atoms with E-state index in [0.717, 1.165) is 56.2 Å². The Morgan fingerprint density at radius 2 is 0.586 bits per heavy atom. The van der Waals surface area contributed by atoms with Crippen molar-refractivity contribution in [2.24, 2.45) is 0 Å². The quantitative estimate of drug-likeness (QED) is 0.0673. The molecule has 1 N–H and O–H groups in total. The van der Waals surface area contributed by atoms with Gasteiger partial charge in [0, 0.05) is 138 Å². The van der Waals surface area contributed by atoms with E-state index >= 15 is 0 Å². The second kappa shape index (κ2) is 50.3. The zero-order chi connectivity index (χ0) is 99.5. The number of anilines is 10. The van der Waals surface area contributed by atoms with Crippen molar-refractivity contribution in [3.8, 4) is 5.75 Å². The van der Waals surface area contributed by atoms with E-state index in [2.05, 4.69) is 4.72 Å². The summed E-state index contributed by atoms with van der Waals surface area (Å²) >= 11 is 5.85. The Hall–Kier alpha value is -17.4. The topological polar surface area (TPSA) is 218 Å². The maximum Gasteiger partial charge on any atom is 0.262 e. The molecule has 0 atom stereocenters. The molecule has 0 aromatic heterocycles. The van der Waals surface area contributed by atoms with Crippen molar-refractivity contribution in [1.29, 1.82) is 0 Å². The number of ether oxygens (including phenoxy) is 1. The van der Waals surface area contributed by atoms with Gasteiger partial charge in [-0.25, -0.2) is 8.42 Å². The highest BCUT2D eigenvalue weighted by Gasteiger charge is 2.28. The van der Waals surface area contributed by atoms with E-state index in [4.69, 9.17) is 16.3 Å². The number of aryl methyl sites for hydroxylation is 1. The summed E-state index contributed by atoms with van der Waals surface area (Å²) in [4.78, 5) is 116. The van der Waals surface area contributed by atoms with Gasteiger partial charge in [0.05, 0.1) is 28.8 Å². The fourth-order valence-corrected chi connectivity index (χ4v) is 15.7. The lowest BCUT2D eigenvalue weighted by Crippen LogP contribution is -2.33. The Balaban J connectivity index is 0.000000153. The first-order valence-corrected chi connectivity index (χ1v) is 46.7. The van der Waals surface area contributed by atoms with E-state index in [1.54, 1.807) is 190 Å². The third kappa shape index (κ3) is 27.5. The molecule has 140 heavy (non-hydrogen) atoms. The van der Waals surface area contributed by atoms with E-state index in [1.807, 2.05) is 347 Å². The predicted octanol–water partition coefficient (Wildman–Crippen LogP) is 25.3. The second-order valence-corrected chi connectivity index (χ2v) is 33.9. The summed E-state index contributed by atoms with van der Waals surface area (Å²) in [6.07, 6.45) is 0. The Morgan fingerprint density at radius 3 is 0.993 bits per heavy atom. The van der Waals surface area contributed by atoms with Gasteiger partial charge in [0.25, 0.3) is 57.3 Å². The number of rotatable bonds is 22. The number of carbonyl (C=O) groups is 8. The largest absolute Gasteiger partial charge is 0.497 e. The highest BCUT2D eigenvalue weighted by molar-refractivity contribution is 7.92. The van der Waals surface area contributed by atoms with Crippen LogP contribution in [0.4, 0.5) is 56.9 Å². The van der Waals surface area contributed by atoms with E-state index in [0.29, 0.717) is 67.7 Å². The van der Waals surface area contributed by atoms with Crippen LogP contribution in [0.15, 0.2) is 466 Å². The summed E-state index contributed by atoms with van der Waals surface area (Å²) < 4.78 is 32.7. The number of amides is 8. The zero-order valence-electron chi connectivity index (χ0n) is 78.9. The molecule has 17 aromatic carbocycles. The molecule has 0 heterocycles. The van der Waals surface area contributed by atoms with E-state index in [-0.39, 0.29) is 63.3 Å². The van der Waals surface area contributed by atoms with Crippen molar-refractivity contribution >= 4 is 137 Å². The van der Waals surface area contributed by atoms with Crippen molar-refractivity contribution in [3.63, 3.8) is 0 Å². The lowest BCUT2D eigenvalue weighted by molar-refractivity contribution is 0.0958. The maximum atomic E-state index is 13.7. The molecule has 17 aromatic rings. The third-order valence-corrected chi connectivity index (χ3v) is 24.1. The normalized spacial score (nSPS) is 10.4. The number of benzene rings is 17. The summed E-state index contributed by atoms with van der Waals surface area (Å²) in [7, 11) is 8.12. The van der Waals surface area contributed by atoms with E-state index < -0.39 is 10.0 Å². The Kier molecular flexibility index (Phi) is 36.5. The lowest BCUT2D eigenvalue weighted by Gasteiger charge is -2.23. The molecular weight excluding hydrogens is 1790 g/mol. The molecule has 0 bridgehead atoms. The zero-order valence-corrected chi connectivity index (χ0v) is 80.5. The predicted molar refractivity (Wildman–Crippen MR) is 568 cm³/mol. The number of fused-ring (bicyclic) bond motifs is 1. The van der Waals surface area contributed by atoms with Crippen LogP contribution in [0.25, 0.3) is 10.8 Å². The highest BCUT2D eigenvalue weighted by Crippen LogP contribution is 2.32. The van der Waals surface area contributed by atoms with Gasteiger partial charge in [-0.2, -0.15) is 0 Å². The number of methoxy groups -OCH3 is 1. The van der Waals surface area contributed by atoms with Crippen LogP contribution in [-0.2, 0) is 10.0 Å². The van der Waals surface area contributed by atoms with Crippen LogP contribution in [0.5, 0.6) is 5.75 Å². The first-order chi connectivity index (χ1) is 67.8. The SMILES string of the molecule is CCN(C(=O)c1ccccc1)c1ccc(Cl)cc1.CN(C(=O)c1ccc(C(=O)N(C)c2ccccc2)c(C(=O)N(C)c2ccccc2)c1)c1ccccc1.CN(C(=O)c1ccc2ccccc2c1)c1ccccc1.COc1ccc(C(=O)N(C)c2ccccc2)cc1.Cc1ccc(S(=O)(=O)Nc2cccc(N(C)C(=O)c3ccccc3)c2)cc1.O=C(c1ccccc1)N(c1ccccc1)c1ccccc1. The molecule has 0 aliphatic rings. The summed E-state index contributed by atoms with van der Waals surface area (Å²) in [6.45, 7) is 4.47. The molecular formula is C118H106ClN9O11S. The van der Waals surface area contributed by atoms with Crippen molar-refractivity contribution in [1.82, 2.24) is 0 Å². The van der Waals surface area contributed by atoms with Crippen LogP contribution in [0.3, 0.4) is 0 Å². The molecule has 0 aliphatic carbocycles. The van der Waals surface area contributed by atoms with Crippen LogP contribution in [0, 0.1) is 6.92 Å².